The molecule has 1 atom stereocenters. The van der Waals surface area contributed by atoms with Crippen molar-refractivity contribution < 1.29 is 4.74 Å². The van der Waals surface area contributed by atoms with Crippen LogP contribution in [-0.2, 0) is 6.42 Å². The minimum absolute atomic E-state index is 0.359. The van der Waals surface area contributed by atoms with Crippen molar-refractivity contribution in [1.29, 1.82) is 0 Å². The maximum absolute atomic E-state index is 5.40. The zero-order chi connectivity index (χ0) is 17.4. The number of nitrogens with zero attached hydrogens (tertiary/aromatic N) is 1. The Balaban J connectivity index is 1.87. The summed E-state index contributed by atoms with van der Waals surface area (Å²) in [4.78, 5) is 2.22. The number of benzene rings is 2. The Kier molecular flexibility index (Phi) is 7.03. The van der Waals surface area contributed by atoms with E-state index < -0.39 is 0 Å². The fourth-order valence-electron chi connectivity index (χ4n) is 2.41. The van der Waals surface area contributed by atoms with E-state index in [1.54, 1.807) is 7.11 Å². The van der Waals surface area contributed by atoms with Gasteiger partial charge in [-0.3, -0.25) is 0 Å². The van der Waals surface area contributed by atoms with Crippen molar-refractivity contribution >= 4 is 23.0 Å². The predicted octanol–water partition coefficient (Wildman–Crippen LogP) is 3.15. The van der Waals surface area contributed by atoms with E-state index in [2.05, 4.69) is 53.9 Å². The van der Waals surface area contributed by atoms with Crippen LogP contribution in [0.4, 0.5) is 5.69 Å². The smallest absolute Gasteiger partial charge is 0.170 e. The van der Waals surface area contributed by atoms with E-state index >= 15 is 0 Å². The van der Waals surface area contributed by atoms with Crippen LogP contribution in [-0.4, -0.2) is 43.8 Å². The summed E-state index contributed by atoms with van der Waals surface area (Å²) in [6, 6.07) is 18.6. The SMILES string of the molecule is COc1cccc(NC(=S)NC[C@H](Cc2ccccc2)N(C)C)c1. The maximum atomic E-state index is 5.40. The summed E-state index contributed by atoms with van der Waals surface area (Å²) in [6.07, 6.45) is 0.975. The standard InChI is InChI=1S/C19H25N3OS/c1-22(2)17(12-15-8-5-4-6-9-15)14-20-19(24)21-16-10-7-11-18(13-16)23-3/h4-11,13,17H,12,14H2,1-3H3,(H2,20,21,24)/t17-/m0/s1. The first-order valence-electron chi connectivity index (χ1n) is 7.97. The number of hydrogen-bond donors (Lipinski definition) is 2. The van der Waals surface area contributed by atoms with Crippen molar-refractivity contribution in [1.82, 2.24) is 10.2 Å². The van der Waals surface area contributed by atoms with Crippen LogP contribution in [0.2, 0.25) is 0 Å². The molecule has 5 heteroatoms. The molecule has 0 heterocycles. The lowest BCUT2D eigenvalue weighted by molar-refractivity contribution is 0.291. The Hall–Kier alpha value is -2.11. The highest BCUT2D eigenvalue weighted by atomic mass is 32.1. The van der Waals surface area contributed by atoms with E-state index in [4.69, 9.17) is 17.0 Å². The Bertz CT molecular complexity index is 646. The molecule has 2 N–H and O–H groups in total. The van der Waals surface area contributed by atoms with Gasteiger partial charge in [0.15, 0.2) is 5.11 Å². The van der Waals surface area contributed by atoms with Gasteiger partial charge in [0.05, 0.1) is 7.11 Å². The fraction of sp³-hybridized carbons (Fsp3) is 0.316. The van der Waals surface area contributed by atoms with Gasteiger partial charge in [0.25, 0.3) is 0 Å². The molecule has 2 rings (SSSR count). The molecular weight excluding hydrogens is 318 g/mol. The van der Waals surface area contributed by atoms with E-state index in [0.29, 0.717) is 11.2 Å². The van der Waals surface area contributed by atoms with Gasteiger partial charge < -0.3 is 20.3 Å². The topological polar surface area (TPSA) is 36.5 Å². The third-order valence-electron chi connectivity index (χ3n) is 3.87. The molecule has 24 heavy (non-hydrogen) atoms. The molecule has 0 aliphatic heterocycles. The third kappa shape index (κ3) is 5.83. The summed E-state index contributed by atoms with van der Waals surface area (Å²) in [7, 11) is 5.84. The zero-order valence-corrected chi connectivity index (χ0v) is 15.3. The van der Waals surface area contributed by atoms with E-state index in [0.717, 1.165) is 24.4 Å². The Labute approximate surface area is 149 Å². The molecule has 0 saturated carbocycles. The van der Waals surface area contributed by atoms with Crippen molar-refractivity contribution in [3.05, 3.63) is 60.2 Å². The Morgan fingerprint density at radius 2 is 1.88 bits per heavy atom. The van der Waals surface area contributed by atoms with Crippen molar-refractivity contribution in [2.45, 2.75) is 12.5 Å². The summed E-state index contributed by atoms with van der Waals surface area (Å²) >= 11 is 5.40. The number of likely N-dealkylation sites (N-methyl/N-ethyl adjacent to an activating group) is 1. The molecule has 2 aromatic rings. The van der Waals surface area contributed by atoms with Gasteiger partial charge in [0, 0.05) is 24.3 Å². The third-order valence-corrected chi connectivity index (χ3v) is 4.12. The van der Waals surface area contributed by atoms with Crippen molar-refractivity contribution in [3.63, 3.8) is 0 Å². The van der Waals surface area contributed by atoms with Crippen molar-refractivity contribution in [3.8, 4) is 5.75 Å². The second kappa shape index (κ2) is 9.25. The molecule has 0 fully saturated rings. The first-order chi connectivity index (χ1) is 11.6. The van der Waals surface area contributed by atoms with Gasteiger partial charge in [0.2, 0.25) is 0 Å². The normalized spacial score (nSPS) is 11.8. The average molecular weight is 343 g/mol. The number of anilines is 1. The minimum atomic E-state index is 0.359. The van der Waals surface area contributed by atoms with Gasteiger partial charge in [-0.15, -0.1) is 0 Å². The number of ether oxygens (including phenoxy) is 1. The molecule has 0 aromatic heterocycles. The Morgan fingerprint density at radius 3 is 2.54 bits per heavy atom. The van der Waals surface area contributed by atoms with Gasteiger partial charge in [-0.05, 0) is 50.4 Å². The van der Waals surface area contributed by atoms with Crippen LogP contribution < -0.4 is 15.4 Å². The van der Waals surface area contributed by atoms with Gasteiger partial charge in [-0.2, -0.15) is 0 Å². The van der Waals surface area contributed by atoms with Gasteiger partial charge in [-0.1, -0.05) is 36.4 Å². The number of nitrogens with one attached hydrogen (secondary N) is 2. The minimum Gasteiger partial charge on any atom is -0.497 e. The second-order valence-electron chi connectivity index (χ2n) is 5.87. The number of methoxy groups -OCH3 is 1. The number of thiocarbonyl (C=S) groups is 1. The molecular formula is C19H25N3OS. The molecule has 128 valence electrons. The summed E-state index contributed by atoms with van der Waals surface area (Å²) in [5.41, 5.74) is 2.24. The van der Waals surface area contributed by atoms with Gasteiger partial charge >= 0.3 is 0 Å². The zero-order valence-electron chi connectivity index (χ0n) is 14.5. The summed E-state index contributed by atoms with van der Waals surface area (Å²) in [5, 5.41) is 7.12. The highest BCUT2D eigenvalue weighted by Gasteiger charge is 2.12. The summed E-state index contributed by atoms with van der Waals surface area (Å²) in [5.74, 6) is 0.804. The van der Waals surface area contributed by atoms with Crippen LogP contribution in [0.5, 0.6) is 5.75 Å². The lowest BCUT2D eigenvalue weighted by atomic mass is 10.1. The molecule has 4 nitrogen and oxygen atoms in total. The monoisotopic (exact) mass is 343 g/mol. The molecule has 0 aliphatic rings. The fourth-order valence-corrected chi connectivity index (χ4v) is 2.61. The van der Waals surface area contributed by atoms with E-state index in [1.165, 1.54) is 5.56 Å². The van der Waals surface area contributed by atoms with Crippen LogP contribution in [0.25, 0.3) is 0 Å². The van der Waals surface area contributed by atoms with Gasteiger partial charge in [-0.25, -0.2) is 0 Å². The molecule has 0 amide bonds. The van der Waals surface area contributed by atoms with Gasteiger partial charge in [0.1, 0.15) is 5.75 Å². The molecule has 0 bridgehead atoms. The molecule has 0 saturated heterocycles. The highest BCUT2D eigenvalue weighted by molar-refractivity contribution is 7.80. The molecule has 0 spiro atoms. The first-order valence-corrected chi connectivity index (χ1v) is 8.38. The summed E-state index contributed by atoms with van der Waals surface area (Å²) < 4.78 is 5.22. The first kappa shape index (κ1) is 18.2. The predicted molar refractivity (Wildman–Crippen MR) is 105 cm³/mol. The van der Waals surface area contributed by atoms with Crippen LogP contribution in [0.1, 0.15) is 5.56 Å². The Morgan fingerprint density at radius 1 is 1.12 bits per heavy atom. The number of rotatable bonds is 7. The molecule has 0 radical (unpaired) electrons. The van der Waals surface area contributed by atoms with Crippen LogP contribution in [0.3, 0.4) is 0 Å². The number of hydrogen-bond acceptors (Lipinski definition) is 3. The van der Waals surface area contributed by atoms with E-state index in [-0.39, 0.29) is 0 Å². The lowest BCUT2D eigenvalue weighted by Gasteiger charge is -2.25. The van der Waals surface area contributed by atoms with E-state index in [1.807, 2.05) is 30.3 Å². The second-order valence-corrected chi connectivity index (χ2v) is 6.28. The van der Waals surface area contributed by atoms with Crippen LogP contribution in [0.15, 0.2) is 54.6 Å². The van der Waals surface area contributed by atoms with Crippen LogP contribution in [0, 0.1) is 0 Å². The molecule has 0 unspecified atom stereocenters. The maximum Gasteiger partial charge on any atom is 0.170 e. The van der Waals surface area contributed by atoms with E-state index in [9.17, 15) is 0 Å². The largest absolute Gasteiger partial charge is 0.497 e. The molecule has 0 aliphatic carbocycles. The lowest BCUT2D eigenvalue weighted by Crippen LogP contribution is -2.42. The van der Waals surface area contributed by atoms with Crippen molar-refractivity contribution in [2.75, 3.05) is 33.1 Å². The summed E-state index contributed by atoms with van der Waals surface area (Å²) in [6.45, 7) is 0.775. The highest BCUT2D eigenvalue weighted by Crippen LogP contribution is 2.16. The van der Waals surface area contributed by atoms with Crippen molar-refractivity contribution in [2.24, 2.45) is 0 Å². The van der Waals surface area contributed by atoms with Crippen LogP contribution >= 0.6 is 12.2 Å². The molecule has 2 aromatic carbocycles. The average Bonchev–Trinajstić information content (AvgIpc) is 2.59. The quantitative estimate of drug-likeness (QED) is 0.755.